The maximum Gasteiger partial charge on any atom is 0.251 e. The zero-order chi connectivity index (χ0) is 13.7. The van der Waals surface area contributed by atoms with Crippen LogP contribution in [0.3, 0.4) is 0 Å². The number of nitrogens with one attached hydrogen (secondary N) is 1. The molecule has 1 aromatic carbocycles. The van der Waals surface area contributed by atoms with Gasteiger partial charge in [0.25, 0.3) is 5.56 Å². The molecule has 0 bridgehead atoms. The van der Waals surface area contributed by atoms with Gasteiger partial charge in [0, 0.05) is 18.9 Å². The molecule has 0 fully saturated rings. The van der Waals surface area contributed by atoms with Crippen molar-refractivity contribution in [2.75, 3.05) is 7.11 Å². The number of rotatable bonds is 5. The van der Waals surface area contributed by atoms with E-state index in [0.29, 0.717) is 5.82 Å². The van der Waals surface area contributed by atoms with E-state index in [9.17, 15) is 4.79 Å². The standard InChI is InChI=1S/C15H18N2O2/c1-3-7-12-10-13(18)17-15(16-12)14(19-2)11-8-5-4-6-9-11/h4-6,8-10,14H,3,7H2,1-2H3,(H,16,17,18). The second kappa shape index (κ2) is 6.29. The first kappa shape index (κ1) is 13.5. The number of hydrogen-bond donors (Lipinski definition) is 1. The summed E-state index contributed by atoms with van der Waals surface area (Å²) in [6, 6.07) is 11.3. The summed E-state index contributed by atoms with van der Waals surface area (Å²) in [5.74, 6) is 0.560. The summed E-state index contributed by atoms with van der Waals surface area (Å²) < 4.78 is 5.48. The second-order valence-corrected chi connectivity index (χ2v) is 4.40. The number of hydrogen-bond acceptors (Lipinski definition) is 3. The zero-order valence-corrected chi connectivity index (χ0v) is 11.2. The molecule has 1 aromatic heterocycles. The molecule has 1 heterocycles. The van der Waals surface area contributed by atoms with E-state index in [1.54, 1.807) is 13.2 Å². The fraction of sp³-hybridized carbons (Fsp3) is 0.333. The molecule has 1 N–H and O–H groups in total. The molecule has 4 nitrogen and oxygen atoms in total. The number of methoxy groups -OCH3 is 1. The van der Waals surface area contributed by atoms with Crippen molar-refractivity contribution in [3.05, 3.63) is 63.8 Å². The van der Waals surface area contributed by atoms with Crippen LogP contribution in [0.2, 0.25) is 0 Å². The van der Waals surface area contributed by atoms with E-state index < -0.39 is 0 Å². The molecule has 0 saturated carbocycles. The molecule has 100 valence electrons. The van der Waals surface area contributed by atoms with Gasteiger partial charge in [0.1, 0.15) is 11.9 Å². The molecule has 4 heteroatoms. The Kier molecular flexibility index (Phi) is 4.47. The van der Waals surface area contributed by atoms with Crippen molar-refractivity contribution in [3.63, 3.8) is 0 Å². The topological polar surface area (TPSA) is 55.0 Å². The van der Waals surface area contributed by atoms with Crippen molar-refractivity contribution < 1.29 is 4.74 Å². The fourth-order valence-electron chi connectivity index (χ4n) is 2.07. The Morgan fingerprint density at radius 1 is 1.32 bits per heavy atom. The first-order valence-corrected chi connectivity index (χ1v) is 6.42. The molecule has 19 heavy (non-hydrogen) atoms. The summed E-state index contributed by atoms with van der Waals surface area (Å²) >= 11 is 0. The SMILES string of the molecule is CCCc1cc(=O)[nH]c(C(OC)c2ccccc2)n1. The number of aromatic nitrogens is 2. The molecule has 0 saturated heterocycles. The molecule has 0 aliphatic heterocycles. The number of nitrogens with zero attached hydrogens (tertiary/aromatic N) is 1. The normalized spacial score (nSPS) is 12.3. The van der Waals surface area contributed by atoms with E-state index in [-0.39, 0.29) is 11.7 Å². The highest BCUT2D eigenvalue weighted by Gasteiger charge is 2.16. The van der Waals surface area contributed by atoms with Gasteiger partial charge in [0.2, 0.25) is 0 Å². The molecule has 1 atom stereocenters. The number of H-pyrrole nitrogens is 1. The molecular weight excluding hydrogens is 240 g/mol. The number of aromatic amines is 1. The first-order valence-electron chi connectivity index (χ1n) is 6.42. The number of aryl methyl sites for hydroxylation is 1. The first-order chi connectivity index (χ1) is 9.24. The Labute approximate surface area is 112 Å². The molecule has 0 amide bonds. The molecule has 0 aliphatic rings. The van der Waals surface area contributed by atoms with Crippen LogP contribution in [0.15, 0.2) is 41.2 Å². The summed E-state index contributed by atoms with van der Waals surface area (Å²) in [6.07, 6.45) is 1.41. The lowest BCUT2D eigenvalue weighted by Crippen LogP contribution is -2.17. The molecule has 0 aliphatic carbocycles. The Morgan fingerprint density at radius 3 is 2.68 bits per heavy atom. The Morgan fingerprint density at radius 2 is 2.05 bits per heavy atom. The lowest BCUT2D eigenvalue weighted by molar-refractivity contribution is 0.128. The molecule has 0 radical (unpaired) electrons. The smallest absolute Gasteiger partial charge is 0.251 e. The van der Waals surface area contributed by atoms with Crippen LogP contribution in [0.4, 0.5) is 0 Å². The van der Waals surface area contributed by atoms with Gasteiger partial charge in [-0.15, -0.1) is 0 Å². The highest BCUT2D eigenvalue weighted by molar-refractivity contribution is 5.23. The predicted octanol–water partition coefficient (Wildman–Crippen LogP) is 2.46. The van der Waals surface area contributed by atoms with Crippen LogP contribution in [0.1, 0.15) is 36.5 Å². The highest BCUT2D eigenvalue weighted by Crippen LogP contribution is 2.21. The van der Waals surface area contributed by atoms with Crippen LogP contribution < -0.4 is 5.56 Å². The maximum absolute atomic E-state index is 11.7. The fourth-order valence-corrected chi connectivity index (χ4v) is 2.07. The van der Waals surface area contributed by atoms with Gasteiger partial charge in [0.05, 0.1) is 0 Å². The third-order valence-electron chi connectivity index (χ3n) is 2.91. The lowest BCUT2D eigenvalue weighted by Gasteiger charge is -2.15. The summed E-state index contributed by atoms with van der Waals surface area (Å²) in [7, 11) is 1.62. The van der Waals surface area contributed by atoms with Gasteiger partial charge in [-0.25, -0.2) is 4.98 Å². The minimum absolute atomic E-state index is 0.133. The average Bonchev–Trinajstić information content (AvgIpc) is 2.40. The summed E-state index contributed by atoms with van der Waals surface area (Å²) in [5.41, 5.74) is 1.65. The quantitative estimate of drug-likeness (QED) is 0.896. The van der Waals surface area contributed by atoms with Gasteiger partial charge in [-0.1, -0.05) is 43.7 Å². The van der Waals surface area contributed by atoms with Crippen LogP contribution >= 0.6 is 0 Å². The van der Waals surface area contributed by atoms with Crippen LogP contribution in [-0.2, 0) is 11.2 Å². The van der Waals surface area contributed by atoms with Crippen molar-refractivity contribution in [1.82, 2.24) is 9.97 Å². The Balaban J connectivity index is 2.41. The zero-order valence-electron chi connectivity index (χ0n) is 11.2. The van der Waals surface area contributed by atoms with E-state index in [0.717, 1.165) is 24.1 Å². The number of benzene rings is 1. The van der Waals surface area contributed by atoms with Crippen LogP contribution in [0, 0.1) is 0 Å². The Hall–Kier alpha value is -1.94. The van der Waals surface area contributed by atoms with Gasteiger partial charge in [-0.05, 0) is 12.0 Å². The van der Waals surface area contributed by atoms with Gasteiger partial charge < -0.3 is 9.72 Å². The van der Waals surface area contributed by atoms with Crippen LogP contribution in [0.5, 0.6) is 0 Å². The summed E-state index contributed by atoms with van der Waals surface area (Å²) in [6.45, 7) is 2.06. The second-order valence-electron chi connectivity index (χ2n) is 4.40. The van der Waals surface area contributed by atoms with E-state index >= 15 is 0 Å². The van der Waals surface area contributed by atoms with Gasteiger partial charge in [-0.3, -0.25) is 4.79 Å². The van der Waals surface area contributed by atoms with Crippen LogP contribution in [0.25, 0.3) is 0 Å². The van der Waals surface area contributed by atoms with Crippen molar-refractivity contribution >= 4 is 0 Å². The van der Waals surface area contributed by atoms with Gasteiger partial charge in [-0.2, -0.15) is 0 Å². The molecule has 2 rings (SSSR count). The summed E-state index contributed by atoms with van der Waals surface area (Å²) in [5, 5.41) is 0. The van der Waals surface area contributed by atoms with Crippen molar-refractivity contribution in [3.8, 4) is 0 Å². The largest absolute Gasteiger partial charge is 0.369 e. The monoisotopic (exact) mass is 258 g/mol. The molecule has 0 spiro atoms. The summed E-state index contributed by atoms with van der Waals surface area (Å²) in [4.78, 5) is 18.9. The highest BCUT2D eigenvalue weighted by atomic mass is 16.5. The van der Waals surface area contributed by atoms with Gasteiger partial charge in [0.15, 0.2) is 0 Å². The lowest BCUT2D eigenvalue weighted by atomic mass is 10.1. The van der Waals surface area contributed by atoms with E-state index in [1.807, 2.05) is 30.3 Å². The average molecular weight is 258 g/mol. The van der Waals surface area contributed by atoms with Gasteiger partial charge >= 0.3 is 0 Å². The van der Waals surface area contributed by atoms with Crippen molar-refractivity contribution in [1.29, 1.82) is 0 Å². The Bertz CT molecular complexity index is 578. The predicted molar refractivity (Wildman–Crippen MR) is 74.1 cm³/mol. The molecule has 2 aromatic rings. The van der Waals surface area contributed by atoms with Crippen molar-refractivity contribution in [2.24, 2.45) is 0 Å². The number of ether oxygens (including phenoxy) is 1. The van der Waals surface area contributed by atoms with E-state index in [2.05, 4.69) is 16.9 Å². The maximum atomic E-state index is 11.7. The van der Waals surface area contributed by atoms with Crippen molar-refractivity contribution in [2.45, 2.75) is 25.9 Å². The third kappa shape index (κ3) is 3.29. The minimum atomic E-state index is -0.342. The van der Waals surface area contributed by atoms with E-state index in [4.69, 9.17) is 4.74 Å². The third-order valence-corrected chi connectivity index (χ3v) is 2.91. The minimum Gasteiger partial charge on any atom is -0.369 e. The molecular formula is C15H18N2O2. The molecule has 1 unspecified atom stereocenters. The van der Waals surface area contributed by atoms with E-state index in [1.165, 1.54) is 0 Å². The van der Waals surface area contributed by atoms with Crippen LogP contribution in [-0.4, -0.2) is 17.1 Å².